The van der Waals surface area contributed by atoms with Gasteiger partial charge in [0, 0.05) is 42.8 Å². The molecule has 4 rings (SSSR count). The summed E-state index contributed by atoms with van der Waals surface area (Å²) in [6, 6.07) is 13.8. The topological polar surface area (TPSA) is 62.3 Å². The van der Waals surface area contributed by atoms with Crippen LogP contribution in [0.5, 0.6) is 0 Å². The molecule has 2 heterocycles. The third-order valence-corrected chi connectivity index (χ3v) is 6.49. The van der Waals surface area contributed by atoms with Gasteiger partial charge in [-0.2, -0.15) is 0 Å². The van der Waals surface area contributed by atoms with E-state index in [9.17, 15) is 8.42 Å². The third-order valence-electron chi connectivity index (χ3n) is 4.54. The lowest BCUT2D eigenvalue weighted by molar-refractivity contribution is 0.590. The average molecular weight is 424 g/mol. The number of aromatic nitrogens is 1. The lowest BCUT2D eigenvalue weighted by Crippen LogP contribution is -2.43. The zero-order chi connectivity index (χ0) is 18.1. The normalized spacial score (nSPS) is 14.8. The summed E-state index contributed by atoms with van der Waals surface area (Å²) in [5.41, 5.74) is 1.86. The van der Waals surface area contributed by atoms with Crippen LogP contribution in [-0.4, -0.2) is 39.6 Å². The van der Waals surface area contributed by atoms with E-state index in [4.69, 9.17) is 11.6 Å². The van der Waals surface area contributed by atoms with Gasteiger partial charge < -0.3 is 10.2 Å². The van der Waals surface area contributed by atoms with E-state index >= 15 is 0 Å². The van der Waals surface area contributed by atoms with Crippen LogP contribution in [0.15, 0.2) is 64.5 Å². The predicted molar refractivity (Wildman–Crippen MR) is 111 cm³/mol. The Hall–Kier alpha value is -1.86. The van der Waals surface area contributed by atoms with E-state index in [-0.39, 0.29) is 22.2 Å². The van der Waals surface area contributed by atoms with E-state index in [0.717, 1.165) is 42.8 Å². The second-order valence-corrected chi connectivity index (χ2v) is 8.60. The highest BCUT2D eigenvalue weighted by Crippen LogP contribution is 2.29. The molecule has 0 saturated carbocycles. The maximum Gasteiger partial charge on any atom is 0.208 e. The Kier molecular flexibility index (Phi) is 5.91. The number of nitrogens with zero attached hydrogens (tertiary/aromatic N) is 2. The Balaban J connectivity index is 0.00000210. The minimum Gasteiger partial charge on any atom is -0.367 e. The van der Waals surface area contributed by atoms with Gasteiger partial charge in [0.25, 0.3) is 0 Å². The average Bonchev–Trinajstić information content (AvgIpc) is 2.67. The summed E-state index contributed by atoms with van der Waals surface area (Å²) < 4.78 is 25.8. The fourth-order valence-electron chi connectivity index (χ4n) is 3.20. The molecule has 0 unspecified atom stereocenters. The smallest absolute Gasteiger partial charge is 0.208 e. The molecule has 1 aromatic heterocycles. The van der Waals surface area contributed by atoms with Gasteiger partial charge in [-0.25, -0.2) is 8.42 Å². The summed E-state index contributed by atoms with van der Waals surface area (Å²) in [6.07, 6.45) is 1.43. The summed E-state index contributed by atoms with van der Waals surface area (Å²) in [6.45, 7) is 3.67. The van der Waals surface area contributed by atoms with Crippen molar-refractivity contribution in [2.24, 2.45) is 0 Å². The Morgan fingerprint density at radius 3 is 2.48 bits per heavy atom. The molecule has 0 bridgehead atoms. The van der Waals surface area contributed by atoms with Crippen LogP contribution in [0.4, 0.5) is 5.69 Å². The second kappa shape index (κ2) is 8.02. The first-order valence-corrected chi connectivity index (χ1v) is 10.3. The maximum absolute atomic E-state index is 12.9. The van der Waals surface area contributed by atoms with Gasteiger partial charge in [0.15, 0.2) is 0 Å². The van der Waals surface area contributed by atoms with Crippen LogP contribution in [0.1, 0.15) is 0 Å². The number of para-hydroxylation sites is 1. The number of hydrogen-bond donors (Lipinski definition) is 1. The first-order valence-electron chi connectivity index (χ1n) is 8.41. The van der Waals surface area contributed by atoms with Crippen molar-refractivity contribution in [2.75, 3.05) is 31.1 Å². The van der Waals surface area contributed by atoms with Crippen LogP contribution in [0.25, 0.3) is 10.9 Å². The summed E-state index contributed by atoms with van der Waals surface area (Å²) in [4.78, 5) is 7.11. The van der Waals surface area contributed by atoms with Gasteiger partial charge in [0.1, 0.15) is 0 Å². The van der Waals surface area contributed by atoms with Crippen molar-refractivity contribution in [1.82, 2.24) is 10.3 Å². The lowest BCUT2D eigenvalue weighted by atomic mass is 10.1. The van der Waals surface area contributed by atoms with Gasteiger partial charge in [0.05, 0.1) is 21.0 Å². The number of rotatable bonds is 3. The van der Waals surface area contributed by atoms with Gasteiger partial charge in [-0.3, -0.25) is 4.98 Å². The summed E-state index contributed by atoms with van der Waals surface area (Å²) >= 11 is 5.95. The number of fused-ring (bicyclic) bond motifs is 1. The Bertz CT molecular complexity index is 1070. The number of anilines is 1. The Labute approximate surface area is 169 Å². The van der Waals surface area contributed by atoms with Crippen LogP contribution in [0.3, 0.4) is 0 Å². The molecular weight excluding hydrogens is 405 g/mol. The first kappa shape index (κ1) is 19.9. The van der Waals surface area contributed by atoms with Gasteiger partial charge in [-0.1, -0.05) is 29.8 Å². The molecule has 0 spiro atoms. The van der Waals surface area contributed by atoms with Crippen molar-refractivity contribution in [1.29, 1.82) is 0 Å². The highest BCUT2D eigenvalue weighted by molar-refractivity contribution is 7.91. The van der Waals surface area contributed by atoms with Crippen molar-refractivity contribution in [3.05, 3.63) is 59.8 Å². The van der Waals surface area contributed by atoms with Gasteiger partial charge in [-0.05, 0) is 30.3 Å². The van der Waals surface area contributed by atoms with Crippen molar-refractivity contribution in [3.8, 4) is 0 Å². The standard InChI is InChI=1S/C19H18ClN3O2S.ClH/c20-15-4-2-5-16(12-15)26(24,25)17-11-14-3-1-6-18(19(14)22-13-17)23-9-7-21-8-10-23;/h1-6,11-13,21H,7-10H2;1H. The molecule has 1 N–H and O–H groups in total. The number of benzene rings is 2. The third kappa shape index (κ3) is 3.89. The molecule has 142 valence electrons. The van der Waals surface area contributed by atoms with Gasteiger partial charge in [0.2, 0.25) is 9.84 Å². The van der Waals surface area contributed by atoms with Crippen LogP contribution in [0, 0.1) is 0 Å². The molecule has 2 aromatic carbocycles. The molecule has 8 heteroatoms. The highest BCUT2D eigenvalue weighted by atomic mass is 35.5. The van der Waals surface area contributed by atoms with Crippen LogP contribution < -0.4 is 10.2 Å². The number of nitrogens with one attached hydrogen (secondary N) is 1. The fraction of sp³-hybridized carbons (Fsp3) is 0.211. The van der Waals surface area contributed by atoms with E-state index in [1.54, 1.807) is 24.3 Å². The fourth-order valence-corrected chi connectivity index (χ4v) is 4.74. The zero-order valence-electron chi connectivity index (χ0n) is 14.4. The van der Waals surface area contributed by atoms with Crippen molar-refractivity contribution in [3.63, 3.8) is 0 Å². The van der Waals surface area contributed by atoms with Crippen molar-refractivity contribution >= 4 is 50.4 Å². The summed E-state index contributed by atoms with van der Waals surface area (Å²) in [7, 11) is -3.66. The maximum atomic E-state index is 12.9. The SMILES string of the molecule is Cl.O=S(=O)(c1cccc(Cl)c1)c1cnc2c(N3CCNCC3)cccc2c1. The Morgan fingerprint density at radius 2 is 1.74 bits per heavy atom. The van der Waals surface area contributed by atoms with E-state index in [2.05, 4.69) is 15.2 Å². The zero-order valence-corrected chi connectivity index (χ0v) is 16.8. The second-order valence-electron chi connectivity index (χ2n) is 6.22. The minimum atomic E-state index is -3.66. The molecule has 0 atom stereocenters. The molecule has 1 fully saturated rings. The molecule has 0 aliphatic carbocycles. The number of piperazine rings is 1. The van der Waals surface area contributed by atoms with Gasteiger partial charge in [-0.15, -0.1) is 12.4 Å². The molecule has 3 aromatic rings. The highest BCUT2D eigenvalue weighted by Gasteiger charge is 2.20. The van der Waals surface area contributed by atoms with E-state index < -0.39 is 9.84 Å². The quantitative estimate of drug-likeness (QED) is 0.697. The molecule has 1 aliphatic rings. The molecule has 5 nitrogen and oxygen atoms in total. The van der Waals surface area contributed by atoms with Crippen LogP contribution in [-0.2, 0) is 9.84 Å². The predicted octanol–water partition coefficient (Wildman–Crippen LogP) is 3.55. The molecule has 0 amide bonds. The summed E-state index contributed by atoms with van der Waals surface area (Å²) in [5.74, 6) is 0. The molecule has 1 aliphatic heterocycles. The number of sulfone groups is 1. The number of halogens is 2. The lowest BCUT2D eigenvalue weighted by Gasteiger charge is -2.30. The molecule has 27 heavy (non-hydrogen) atoms. The van der Waals surface area contributed by atoms with E-state index in [0.29, 0.717) is 5.02 Å². The minimum absolute atomic E-state index is 0. The monoisotopic (exact) mass is 423 g/mol. The van der Waals surface area contributed by atoms with Crippen molar-refractivity contribution in [2.45, 2.75) is 9.79 Å². The molecule has 1 saturated heterocycles. The van der Waals surface area contributed by atoms with E-state index in [1.807, 2.05) is 18.2 Å². The summed E-state index contributed by atoms with van der Waals surface area (Å²) in [5, 5.41) is 4.53. The van der Waals surface area contributed by atoms with E-state index in [1.165, 1.54) is 12.3 Å². The number of pyridine rings is 1. The van der Waals surface area contributed by atoms with Crippen LogP contribution >= 0.6 is 24.0 Å². The first-order chi connectivity index (χ1) is 12.6. The van der Waals surface area contributed by atoms with Gasteiger partial charge >= 0.3 is 0 Å². The number of hydrogen-bond acceptors (Lipinski definition) is 5. The van der Waals surface area contributed by atoms with Crippen LogP contribution in [0.2, 0.25) is 5.02 Å². The van der Waals surface area contributed by atoms with Crippen molar-refractivity contribution < 1.29 is 8.42 Å². The molecule has 0 radical (unpaired) electrons. The Morgan fingerprint density at radius 1 is 1.00 bits per heavy atom. The molecular formula is C19H19Cl2N3O2S. The largest absolute Gasteiger partial charge is 0.367 e.